The Hall–Kier alpha value is -2.51. The molecule has 1 N–H and O–H groups in total. The van der Waals surface area contributed by atoms with Gasteiger partial charge in [0.25, 0.3) is 0 Å². The van der Waals surface area contributed by atoms with Gasteiger partial charge in [-0.05, 0) is 55.8 Å². The average molecular weight is 328 g/mol. The van der Waals surface area contributed by atoms with Gasteiger partial charge < -0.3 is 10.2 Å². The molecule has 0 aromatic heterocycles. The molecule has 2 aromatic rings. The lowest BCUT2D eigenvalue weighted by atomic mass is 10.1. The van der Waals surface area contributed by atoms with Crippen LogP contribution in [0.25, 0.3) is 0 Å². The van der Waals surface area contributed by atoms with E-state index in [9.17, 15) is 4.79 Å². The van der Waals surface area contributed by atoms with Gasteiger partial charge in [-0.3, -0.25) is 0 Å². The number of carbonyl (C=O) groups excluding carboxylic acids is 1. The van der Waals surface area contributed by atoms with Crippen LogP contribution >= 0.6 is 11.6 Å². The summed E-state index contributed by atoms with van der Waals surface area (Å²) in [5.74, 6) is 0. The summed E-state index contributed by atoms with van der Waals surface area (Å²) in [4.78, 5) is 14.2. The maximum Gasteiger partial charge on any atom is 0.322 e. The van der Waals surface area contributed by atoms with E-state index < -0.39 is 0 Å². The Bertz CT molecular complexity index is 705. The predicted molar refractivity (Wildman–Crippen MR) is 92.4 cm³/mol. The van der Waals surface area contributed by atoms with E-state index in [4.69, 9.17) is 16.9 Å². The lowest BCUT2D eigenvalue weighted by molar-refractivity contribution is 0.197. The van der Waals surface area contributed by atoms with E-state index in [0.717, 1.165) is 5.56 Å². The van der Waals surface area contributed by atoms with Crippen LogP contribution in [0.5, 0.6) is 0 Å². The standard InChI is InChI=1S/C18H18ClN3O/c1-3-22(13(2)15-6-4-14(12-20)5-7-15)18(23)21-17-10-8-16(19)9-11-17/h4-11,13H,3H2,1-2H3,(H,21,23)/t13-/m1/s1. The first kappa shape index (κ1) is 16.9. The van der Waals surface area contributed by atoms with Crippen molar-refractivity contribution in [2.45, 2.75) is 19.9 Å². The largest absolute Gasteiger partial charge is 0.322 e. The number of hydrogen-bond acceptors (Lipinski definition) is 2. The molecule has 118 valence electrons. The van der Waals surface area contributed by atoms with E-state index in [1.165, 1.54) is 0 Å². The number of hydrogen-bond donors (Lipinski definition) is 1. The van der Waals surface area contributed by atoms with Crippen LogP contribution < -0.4 is 5.32 Å². The first-order valence-corrected chi connectivity index (χ1v) is 7.76. The van der Waals surface area contributed by atoms with E-state index in [-0.39, 0.29) is 12.1 Å². The third-order valence-electron chi connectivity index (χ3n) is 3.69. The SMILES string of the molecule is CCN(C(=O)Nc1ccc(Cl)cc1)[C@H](C)c1ccc(C#N)cc1. The first-order chi connectivity index (χ1) is 11.0. The van der Waals surface area contributed by atoms with Crippen LogP contribution in [0.3, 0.4) is 0 Å². The Morgan fingerprint density at radius 3 is 2.35 bits per heavy atom. The molecule has 0 heterocycles. The fourth-order valence-corrected chi connectivity index (χ4v) is 2.46. The molecule has 2 rings (SSSR count). The maximum atomic E-state index is 12.5. The van der Waals surface area contributed by atoms with Crippen molar-refractivity contribution in [3.8, 4) is 6.07 Å². The van der Waals surface area contributed by atoms with Crippen molar-refractivity contribution < 1.29 is 4.79 Å². The molecule has 0 aliphatic rings. The van der Waals surface area contributed by atoms with Gasteiger partial charge in [0.15, 0.2) is 0 Å². The van der Waals surface area contributed by atoms with Gasteiger partial charge in [0.1, 0.15) is 0 Å². The molecule has 5 heteroatoms. The van der Waals surface area contributed by atoms with Gasteiger partial charge in [0, 0.05) is 17.3 Å². The Morgan fingerprint density at radius 2 is 1.83 bits per heavy atom. The molecule has 0 aliphatic heterocycles. The highest BCUT2D eigenvalue weighted by molar-refractivity contribution is 6.30. The molecule has 4 nitrogen and oxygen atoms in total. The Morgan fingerprint density at radius 1 is 1.22 bits per heavy atom. The minimum Gasteiger partial charge on any atom is -0.318 e. The monoisotopic (exact) mass is 327 g/mol. The van der Waals surface area contributed by atoms with Crippen molar-refractivity contribution in [3.05, 3.63) is 64.7 Å². The highest BCUT2D eigenvalue weighted by Crippen LogP contribution is 2.22. The molecule has 1 atom stereocenters. The number of halogens is 1. The number of nitrogens with one attached hydrogen (secondary N) is 1. The molecule has 0 fully saturated rings. The fourth-order valence-electron chi connectivity index (χ4n) is 2.34. The van der Waals surface area contributed by atoms with Gasteiger partial charge in [0.05, 0.1) is 17.7 Å². The van der Waals surface area contributed by atoms with E-state index in [2.05, 4.69) is 11.4 Å². The molecule has 0 saturated carbocycles. The molecular weight excluding hydrogens is 310 g/mol. The molecule has 2 aromatic carbocycles. The summed E-state index contributed by atoms with van der Waals surface area (Å²) in [6.07, 6.45) is 0. The van der Waals surface area contributed by atoms with Crippen LogP contribution in [-0.2, 0) is 0 Å². The van der Waals surface area contributed by atoms with Crippen LogP contribution in [0, 0.1) is 11.3 Å². The zero-order valence-electron chi connectivity index (χ0n) is 13.1. The highest BCUT2D eigenvalue weighted by atomic mass is 35.5. The fraction of sp³-hybridized carbons (Fsp3) is 0.222. The Labute approximate surface area is 141 Å². The van der Waals surface area contributed by atoms with Crippen LogP contribution in [0.2, 0.25) is 5.02 Å². The van der Waals surface area contributed by atoms with Crippen molar-refractivity contribution in [2.24, 2.45) is 0 Å². The number of rotatable bonds is 4. The second-order valence-electron chi connectivity index (χ2n) is 5.13. The number of anilines is 1. The molecule has 0 bridgehead atoms. The lowest BCUT2D eigenvalue weighted by Gasteiger charge is -2.28. The molecule has 2 amide bonds. The molecule has 0 unspecified atom stereocenters. The molecule has 0 saturated heterocycles. The van der Waals surface area contributed by atoms with E-state index >= 15 is 0 Å². The predicted octanol–water partition coefficient (Wildman–Crippen LogP) is 4.83. The number of nitrogens with zero attached hydrogens (tertiary/aromatic N) is 2. The summed E-state index contributed by atoms with van der Waals surface area (Å²) in [6.45, 7) is 4.47. The zero-order valence-corrected chi connectivity index (χ0v) is 13.8. The third-order valence-corrected chi connectivity index (χ3v) is 3.94. The smallest absolute Gasteiger partial charge is 0.318 e. The van der Waals surface area contributed by atoms with E-state index in [0.29, 0.717) is 22.8 Å². The molecule has 0 radical (unpaired) electrons. The van der Waals surface area contributed by atoms with Gasteiger partial charge in [-0.2, -0.15) is 5.26 Å². The van der Waals surface area contributed by atoms with E-state index in [1.54, 1.807) is 41.3 Å². The molecule has 23 heavy (non-hydrogen) atoms. The maximum absolute atomic E-state index is 12.5. The van der Waals surface area contributed by atoms with Gasteiger partial charge in [-0.1, -0.05) is 23.7 Å². The summed E-state index contributed by atoms with van der Waals surface area (Å²) in [7, 11) is 0. The second kappa shape index (κ2) is 7.66. The van der Waals surface area contributed by atoms with Crippen molar-refractivity contribution in [1.82, 2.24) is 4.90 Å². The topological polar surface area (TPSA) is 56.1 Å². The van der Waals surface area contributed by atoms with Crippen LogP contribution in [0.1, 0.15) is 31.0 Å². The minimum atomic E-state index is -0.174. The lowest BCUT2D eigenvalue weighted by Crippen LogP contribution is -2.36. The zero-order chi connectivity index (χ0) is 16.8. The Balaban J connectivity index is 2.12. The summed E-state index contributed by atoms with van der Waals surface area (Å²) < 4.78 is 0. The normalized spacial score (nSPS) is 11.4. The van der Waals surface area contributed by atoms with Crippen LogP contribution in [0.15, 0.2) is 48.5 Å². The number of benzene rings is 2. The number of nitriles is 1. The summed E-state index contributed by atoms with van der Waals surface area (Å²) in [6, 6.07) is 16.1. The minimum absolute atomic E-state index is 0.0972. The van der Waals surface area contributed by atoms with Crippen molar-refractivity contribution in [1.29, 1.82) is 5.26 Å². The molecular formula is C18H18ClN3O. The molecule has 0 aliphatic carbocycles. The average Bonchev–Trinajstić information content (AvgIpc) is 2.57. The quantitative estimate of drug-likeness (QED) is 0.874. The van der Waals surface area contributed by atoms with Crippen molar-refractivity contribution in [2.75, 3.05) is 11.9 Å². The third kappa shape index (κ3) is 4.24. The number of amides is 2. The van der Waals surface area contributed by atoms with Crippen molar-refractivity contribution in [3.63, 3.8) is 0 Å². The van der Waals surface area contributed by atoms with Crippen LogP contribution in [-0.4, -0.2) is 17.5 Å². The second-order valence-corrected chi connectivity index (χ2v) is 5.57. The van der Waals surface area contributed by atoms with Gasteiger partial charge in [-0.25, -0.2) is 4.79 Å². The summed E-state index contributed by atoms with van der Waals surface area (Å²) in [5.41, 5.74) is 2.29. The van der Waals surface area contributed by atoms with Gasteiger partial charge in [0.2, 0.25) is 0 Å². The van der Waals surface area contributed by atoms with Gasteiger partial charge in [-0.15, -0.1) is 0 Å². The summed E-state index contributed by atoms with van der Waals surface area (Å²) in [5, 5.41) is 12.4. The van der Waals surface area contributed by atoms with Crippen LogP contribution in [0.4, 0.5) is 10.5 Å². The number of carbonyl (C=O) groups is 1. The number of urea groups is 1. The Kier molecular flexibility index (Phi) is 5.61. The molecule has 0 spiro atoms. The van der Waals surface area contributed by atoms with Crippen molar-refractivity contribution >= 4 is 23.3 Å². The highest BCUT2D eigenvalue weighted by Gasteiger charge is 2.20. The van der Waals surface area contributed by atoms with Gasteiger partial charge >= 0.3 is 6.03 Å². The van der Waals surface area contributed by atoms with E-state index in [1.807, 2.05) is 26.0 Å². The first-order valence-electron chi connectivity index (χ1n) is 7.38. The summed E-state index contributed by atoms with van der Waals surface area (Å²) >= 11 is 5.85.